The van der Waals surface area contributed by atoms with E-state index in [1.54, 1.807) is 0 Å². The minimum atomic E-state index is 0.146. The summed E-state index contributed by atoms with van der Waals surface area (Å²) in [5, 5.41) is 0. The number of nitrogens with two attached hydrogens (primary N) is 1. The minimum absolute atomic E-state index is 0.146. The van der Waals surface area contributed by atoms with Crippen LogP contribution in [0.15, 0.2) is 24.3 Å². The third kappa shape index (κ3) is 2.83. The van der Waals surface area contributed by atoms with E-state index in [0.29, 0.717) is 12.6 Å². The van der Waals surface area contributed by atoms with Gasteiger partial charge in [0.15, 0.2) is 0 Å². The van der Waals surface area contributed by atoms with Gasteiger partial charge in [-0.25, -0.2) is 0 Å². The topological polar surface area (TPSA) is 38.5 Å². The lowest BCUT2D eigenvalue weighted by Crippen LogP contribution is -2.48. The molecule has 2 atom stereocenters. The fourth-order valence-electron chi connectivity index (χ4n) is 3.31. The molecule has 0 aliphatic carbocycles. The highest BCUT2D eigenvalue weighted by molar-refractivity contribution is 7.99. The molecule has 20 heavy (non-hydrogen) atoms. The zero-order valence-electron chi connectivity index (χ0n) is 12.2. The second-order valence-electron chi connectivity index (χ2n) is 5.97. The molecule has 2 aliphatic heterocycles. The van der Waals surface area contributed by atoms with Gasteiger partial charge in [0.25, 0.3) is 0 Å². The zero-order chi connectivity index (χ0) is 14.0. The number of hydrogen-bond acceptors (Lipinski definition) is 4. The third-order valence-corrected chi connectivity index (χ3v) is 5.86. The Morgan fingerprint density at radius 3 is 3.15 bits per heavy atom. The van der Waals surface area contributed by atoms with Crippen molar-refractivity contribution in [3.8, 4) is 0 Å². The Morgan fingerprint density at radius 2 is 2.40 bits per heavy atom. The maximum Gasteiger partial charge on any atom is 0.0799 e. The number of benzene rings is 1. The molecule has 1 aromatic carbocycles. The Kier molecular flexibility index (Phi) is 4.24. The highest BCUT2D eigenvalue weighted by Gasteiger charge is 2.41. The van der Waals surface area contributed by atoms with Crippen LogP contribution >= 0.6 is 11.8 Å². The first-order valence-corrected chi connectivity index (χ1v) is 8.61. The molecule has 2 aliphatic rings. The molecule has 0 radical (unpaired) electrons. The quantitative estimate of drug-likeness (QED) is 0.929. The predicted molar refractivity (Wildman–Crippen MR) is 86.4 cm³/mol. The second-order valence-corrected chi connectivity index (χ2v) is 7.07. The van der Waals surface area contributed by atoms with Crippen LogP contribution in [0.25, 0.3) is 0 Å². The molecule has 2 saturated heterocycles. The lowest BCUT2D eigenvalue weighted by molar-refractivity contribution is -0.0658. The summed E-state index contributed by atoms with van der Waals surface area (Å²) in [6.07, 6.45) is 3.49. The van der Waals surface area contributed by atoms with Gasteiger partial charge in [0, 0.05) is 37.7 Å². The fourth-order valence-corrected chi connectivity index (χ4v) is 4.69. The summed E-state index contributed by atoms with van der Waals surface area (Å²) in [7, 11) is 2.21. The van der Waals surface area contributed by atoms with E-state index in [2.05, 4.69) is 36.2 Å². The second kappa shape index (κ2) is 5.96. The Morgan fingerprint density at radius 1 is 1.50 bits per heavy atom. The Bertz CT molecular complexity index is 460. The normalized spacial score (nSPS) is 29.8. The summed E-state index contributed by atoms with van der Waals surface area (Å²) in [4.78, 5) is 2.42. The summed E-state index contributed by atoms with van der Waals surface area (Å²) in [5.41, 5.74) is 8.38. The smallest absolute Gasteiger partial charge is 0.0799 e. The van der Waals surface area contributed by atoms with Gasteiger partial charge in [-0.3, -0.25) is 0 Å². The molecule has 2 heterocycles. The number of anilines is 1. The van der Waals surface area contributed by atoms with E-state index in [0.717, 1.165) is 19.4 Å². The first-order valence-electron chi connectivity index (χ1n) is 7.46. The molecule has 0 bridgehead atoms. The van der Waals surface area contributed by atoms with Crippen molar-refractivity contribution in [2.75, 3.05) is 30.1 Å². The minimum Gasteiger partial charge on any atom is -0.374 e. The van der Waals surface area contributed by atoms with Crippen LogP contribution in [0.4, 0.5) is 5.69 Å². The average Bonchev–Trinajstić information content (AvgIpc) is 2.94. The van der Waals surface area contributed by atoms with E-state index in [-0.39, 0.29) is 5.60 Å². The molecular formula is C16H24N2OS. The van der Waals surface area contributed by atoms with Gasteiger partial charge in [0.05, 0.1) is 5.60 Å². The van der Waals surface area contributed by atoms with Crippen LogP contribution < -0.4 is 10.6 Å². The van der Waals surface area contributed by atoms with Gasteiger partial charge < -0.3 is 15.4 Å². The van der Waals surface area contributed by atoms with Crippen molar-refractivity contribution in [3.63, 3.8) is 0 Å². The standard InChI is InChI=1S/C16H24N2OS/c1-18(14-4-2-3-13(9-14)11-17)15-5-7-19-16(10-15)6-8-20-12-16/h2-4,9,15H,5-8,10-12,17H2,1H3. The van der Waals surface area contributed by atoms with Crippen LogP contribution in [0.3, 0.4) is 0 Å². The van der Waals surface area contributed by atoms with Gasteiger partial charge in [0.1, 0.15) is 0 Å². The molecule has 0 saturated carbocycles. The van der Waals surface area contributed by atoms with Gasteiger partial charge in [-0.1, -0.05) is 12.1 Å². The van der Waals surface area contributed by atoms with E-state index in [1.807, 2.05) is 11.8 Å². The van der Waals surface area contributed by atoms with Crippen LogP contribution in [0, 0.1) is 0 Å². The van der Waals surface area contributed by atoms with Crippen LogP contribution in [0.1, 0.15) is 24.8 Å². The molecule has 1 aromatic rings. The third-order valence-electron chi connectivity index (χ3n) is 4.64. The van der Waals surface area contributed by atoms with Crippen molar-refractivity contribution < 1.29 is 4.74 Å². The zero-order valence-corrected chi connectivity index (χ0v) is 13.0. The predicted octanol–water partition coefficient (Wildman–Crippen LogP) is 2.64. The number of nitrogens with zero attached hydrogens (tertiary/aromatic N) is 1. The number of thioether (sulfide) groups is 1. The van der Waals surface area contributed by atoms with Gasteiger partial charge >= 0.3 is 0 Å². The van der Waals surface area contributed by atoms with E-state index >= 15 is 0 Å². The van der Waals surface area contributed by atoms with Crippen molar-refractivity contribution >= 4 is 17.4 Å². The molecule has 4 heteroatoms. The molecule has 0 aromatic heterocycles. The molecule has 2 N–H and O–H groups in total. The molecular weight excluding hydrogens is 268 g/mol. The molecule has 2 fully saturated rings. The van der Waals surface area contributed by atoms with Crippen molar-refractivity contribution in [1.82, 2.24) is 0 Å². The van der Waals surface area contributed by atoms with Crippen LogP contribution in [-0.2, 0) is 11.3 Å². The van der Waals surface area contributed by atoms with Crippen LogP contribution in [0.2, 0.25) is 0 Å². The van der Waals surface area contributed by atoms with Crippen molar-refractivity contribution in [3.05, 3.63) is 29.8 Å². The lowest BCUT2D eigenvalue weighted by Gasteiger charge is -2.42. The van der Waals surface area contributed by atoms with Crippen molar-refractivity contribution in [1.29, 1.82) is 0 Å². The maximum absolute atomic E-state index is 6.12. The number of rotatable bonds is 3. The summed E-state index contributed by atoms with van der Waals surface area (Å²) in [6, 6.07) is 9.18. The lowest BCUT2D eigenvalue weighted by atomic mass is 9.89. The molecule has 110 valence electrons. The Labute approximate surface area is 125 Å². The Hall–Kier alpha value is -0.710. The maximum atomic E-state index is 6.12. The summed E-state index contributed by atoms with van der Waals surface area (Å²) in [5.74, 6) is 2.42. The molecule has 3 rings (SSSR count). The largest absolute Gasteiger partial charge is 0.374 e. The fraction of sp³-hybridized carbons (Fsp3) is 0.625. The molecule has 1 spiro atoms. The monoisotopic (exact) mass is 292 g/mol. The summed E-state index contributed by atoms with van der Waals surface area (Å²) < 4.78 is 6.12. The van der Waals surface area contributed by atoms with Crippen LogP contribution in [0.5, 0.6) is 0 Å². The van der Waals surface area contributed by atoms with Gasteiger partial charge in [-0.2, -0.15) is 11.8 Å². The van der Waals surface area contributed by atoms with E-state index in [9.17, 15) is 0 Å². The highest BCUT2D eigenvalue weighted by atomic mass is 32.2. The Balaban J connectivity index is 1.74. The molecule has 2 unspecified atom stereocenters. The summed E-state index contributed by atoms with van der Waals surface area (Å²) >= 11 is 2.04. The van der Waals surface area contributed by atoms with E-state index < -0.39 is 0 Å². The van der Waals surface area contributed by atoms with Gasteiger partial charge in [-0.05, 0) is 42.7 Å². The average molecular weight is 292 g/mol. The number of ether oxygens (including phenoxy) is 1. The highest BCUT2D eigenvalue weighted by Crippen LogP contribution is 2.40. The van der Waals surface area contributed by atoms with Gasteiger partial charge in [-0.15, -0.1) is 0 Å². The first kappa shape index (κ1) is 14.2. The number of hydrogen-bond donors (Lipinski definition) is 1. The first-order chi connectivity index (χ1) is 9.72. The van der Waals surface area contributed by atoms with Crippen molar-refractivity contribution in [2.24, 2.45) is 5.73 Å². The SMILES string of the molecule is CN(c1cccc(CN)c1)C1CCOC2(CCSC2)C1. The van der Waals surface area contributed by atoms with E-state index in [4.69, 9.17) is 10.5 Å². The molecule has 3 nitrogen and oxygen atoms in total. The van der Waals surface area contributed by atoms with Crippen LogP contribution in [-0.4, -0.2) is 36.8 Å². The van der Waals surface area contributed by atoms with Gasteiger partial charge in [0.2, 0.25) is 0 Å². The van der Waals surface area contributed by atoms with E-state index in [1.165, 1.54) is 29.2 Å². The van der Waals surface area contributed by atoms with Crippen molar-refractivity contribution in [2.45, 2.75) is 37.5 Å². The summed E-state index contributed by atoms with van der Waals surface area (Å²) in [6.45, 7) is 1.50. The molecule has 0 amide bonds.